The van der Waals surface area contributed by atoms with Gasteiger partial charge in [0.25, 0.3) is 0 Å². The first-order chi connectivity index (χ1) is 11.7. The van der Waals surface area contributed by atoms with E-state index in [0.29, 0.717) is 0 Å². The first-order valence-electron chi connectivity index (χ1n) is 7.55. The first kappa shape index (κ1) is 14.5. The van der Waals surface area contributed by atoms with Gasteiger partial charge >= 0.3 is 0 Å². The summed E-state index contributed by atoms with van der Waals surface area (Å²) in [6.07, 6.45) is 1.77. The smallest absolute Gasteiger partial charge is 0.154 e. The van der Waals surface area contributed by atoms with E-state index < -0.39 is 0 Å². The molecule has 0 radical (unpaired) electrons. The Morgan fingerprint density at radius 3 is 2.29 bits per heavy atom. The van der Waals surface area contributed by atoms with Crippen molar-refractivity contribution < 1.29 is 9.50 Å². The lowest BCUT2D eigenvalue weighted by Gasteiger charge is -2.05. The highest BCUT2D eigenvalue weighted by Crippen LogP contribution is 2.23. The number of benzene rings is 2. The third-order valence-electron chi connectivity index (χ3n) is 3.93. The Morgan fingerprint density at radius 1 is 0.875 bits per heavy atom. The van der Waals surface area contributed by atoms with Crippen molar-refractivity contribution in [2.75, 3.05) is 0 Å². The van der Waals surface area contributed by atoms with Gasteiger partial charge in [0.15, 0.2) is 5.65 Å². The Morgan fingerprint density at radius 2 is 1.58 bits per heavy atom. The van der Waals surface area contributed by atoms with Crippen molar-refractivity contribution in [3.8, 4) is 22.5 Å². The number of aliphatic hydroxyl groups is 1. The van der Waals surface area contributed by atoms with Gasteiger partial charge in [-0.3, -0.25) is 0 Å². The van der Waals surface area contributed by atoms with Crippen molar-refractivity contribution in [3.63, 3.8) is 0 Å². The second-order valence-electron chi connectivity index (χ2n) is 5.49. The van der Waals surface area contributed by atoms with E-state index in [-0.39, 0.29) is 12.4 Å². The van der Waals surface area contributed by atoms with Crippen LogP contribution in [0.1, 0.15) is 5.56 Å². The normalized spacial score (nSPS) is 11.1. The molecule has 0 aliphatic carbocycles. The summed E-state index contributed by atoms with van der Waals surface area (Å²) in [6.45, 7) is 0.0143. The molecular formula is C19H14FN3O. The third kappa shape index (κ3) is 2.55. The maximum absolute atomic E-state index is 13.1. The van der Waals surface area contributed by atoms with Gasteiger partial charge in [0.2, 0.25) is 0 Å². The van der Waals surface area contributed by atoms with E-state index in [1.54, 1.807) is 22.8 Å². The highest BCUT2D eigenvalue weighted by molar-refractivity contribution is 5.66. The Balaban J connectivity index is 1.82. The van der Waals surface area contributed by atoms with Crippen LogP contribution in [0.2, 0.25) is 0 Å². The Hall–Kier alpha value is -3.05. The van der Waals surface area contributed by atoms with Crippen LogP contribution in [0.4, 0.5) is 4.39 Å². The van der Waals surface area contributed by atoms with Gasteiger partial charge in [-0.1, -0.05) is 24.3 Å². The molecule has 1 N–H and O–H groups in total. The molecule has 4 nitrogen and oxygen atoms in total. The molecule has 2 aromatic heterocycles. The zero-order valence-electron chi connectivity index (χ0n) is 12.7. The van der Waals surface area contributed by atoms with E-state index in [4.69, 9.17) is 5.11 Å². The number of rotatable bonds is 3. The Labute approximate surface area is 137 Å². The topological polar surface area (TPSA) is 50.4 Å². The maximum atomic E-state index is 13.1. The fraction of sp³-hybridized carbons (Fsp3) is 0.0526. The number of fused-ring (bicyclic) bond motifs is 1. The lowest BCUT2D eigenvalue weighted by atomic mass is 10.1. The molecule has 0 bridgehead atoms. The third-order valence-corrected chi connectivity index (χ3v) is 3.93. The van der Waals surface area contributed by atoms with Gasteiger partial charge in [-0.2, -0.15) is 5.10 Å². The lowest BCUT2D eigenvalue weighted by molar-refractivity contribution is 0.282. The summed E-state index contributed by atoms with van der Waals surface area (Å²) < 4.78 is 14.9. The molecule has 24 heavy (non-hydrogen) atoms. The van der Waals surface area contributed by atoms with Gasteiger partial charge in [-0.15, -0.1) is 0 Å². The molecule has 2 aromatic carbocycles. The lowest BCUT2D eigenvalue weighted by Crippen LogP contribution is -1.97. The second kappa shape index (κ2) is 5.86. The molecule has 0 aliphatic rings. The largest absolute Gasteiger partial charge is 0.392 e. The van der Waals surface area contributed by atoms with E-state index in [2.05, 4.69) is 10.1 Å². The zero-order valence-corrected chi connectivity index (χ0v) is 12.7. The van der Waals surface area contributed by atoms with Crippen molar-refractivity contribution in [1.82, 2.24) is 14.6 Å². The predicted molar refractivity (Wildman–Crippen MR) is 89.7 cm³/mol. The standard InChI is InChI=1S/C19H14FN3O/c20-16-7-5-14(6-8-16)17-9-10-19-21-11-18(23(19)22-17)15-3-1-13(12-24)2-4-15/h1-11,24H,12H2. The molecule has 0 unspecified atom stereocenters. The molecule has 4 rings (SSSR count). The summed E-state index contributed by atoms with van der Waals surface area (Å²) >= 11 is 0. The molecular weight excluding hydrogens is 305 g/mol. The minimum absolute atomic E-state index is 0.0143. The molecule has 0 spiro atoms. The fourth-order valence-corrected chi connectivity index (χ4v) is 2.63. The summed E-state index contributed by atoms with van der Waals surface area (Å²) in [5, 5.41) is 13.8. The summed E-state index contributed by atoms with van der Waals surface area (Å²) in [4.78, 5) is 4.38. The van der Waals surface area contributed by atoms with Crippen LogP contribution in [-0.4, -0.2) is 19.7 Å². The highest BCUT2D eigenvalue weighted by atomic mass is 19.1. The number of halogens is 1. The van der Waals surface area contributed by atoms with Crippen molar-refractivity contribution in [1.29, 1.82) is 0 Å². The van der Waals surface area contributed by atoms with Crippen LogP contribution >= 0.6 is 0 Å². The molecule has 0 atom stereocenters. The van der Waals surface area contributed by atoms with Gasteiger partial charge in [0.1, 0.15) is 5.82 Å². The van der Waals surface area contributed by atoms with Crippen molar-refractivity contribution in [2.45, 2.75) is 6.61 Å². The van der Waals surface area contributed by atoms with Crippen LogP contribution in [0, 0.1) is 5.82 Å². The molecule has 2 heterocycles. The molecule has 0 amide bonds. The van der Waals surface area contributed by atoms with Crippen molar-refractivity contribution in [3.05, 3.63) is 78.2 Å². The molecule has 0 aliphatic heterocycles. The molecule has 118 valence electrons. The van der Waals surface area contributed by atoms with E-state index in [1.165, 1.54) is 12.1 Å². The minimum Gasteiger partial charge on any atom is -0.392 e. The fourth-order valence-electron chi connectivity index (χ4n) is 2.63. The van der Waals surface area contributed by atoms with E-state index in [9.17, 15) is 4.39 Å². The number of imidazole rings is 1. The molecule has 0 fully saturated rings. The number of nitrogens with zero attached hydrogens (tertiary/aromatic N) is 3. The van der Waals surface area contributed by atoms with E-state index >= 15 is 0 Å². The average Bonchev–Trinajstić information content (AvgIpc) is 3.05. The van der Waals surface area contributed by atoms with Crippen molar-refractivity contribution in [2.24, 2.45) is 0 Å². The van der Waals surface area contributed by atoms with Gasteiger partial charge in [-0.25, -0.2) is 13.9 Å². The average molecular weight is 319 g/mol. The molecule has 5 heteroatoms. The first-order valence-corrected chi connectivity index (χ1v) is 7.55. The summed E-state index contributed by atoms with van der Waals surface area (Å²) in [6, 6.07) is 17.6. The highest BCUT2D eigenvalue weighted by Gasteiger charge is 2.09. The zero-order chi connectivity index (χ0) is 16.5. The number of aliphatic hydroxyl groups excluding tert-OH is 1. The Bertz CT molecular complexity index is 991. The van der Waals surface area contributed by atoms with Crippen LogP contribution in [0.15, 0.2) is 66.9 Å². The number of aromatic nitrogens is 3. The number of hydrogen-bond donors (Lipinski definition) is 1. The van der Waals surface area contributed by atoms with E-state index in [1.807, 2.05) is 36.4 Å². The van der Waals surface area contributed by atoms with Gasteiger partial charge in [-0.05, 0) is 42.0 Å². The second-order valence-corrected chi connectivity index (χ2v) is 5.49. The van der Waals surface area contributed by atoms with Gasteiger partial charge < -0.3 is 5.11 Å². The van der Waals surface area contributed by atoms with Crippen LogP contribution in [0.25, 0.3) is 28.2 Å². The van der Waals surface area contributed by atoms with Gasteiger partial charge in [0.05, 0.1) is 24.2 Å². The molecule has 0 saturated heterocycles. The van der Waals surface area contributed by atoms with Crippen molar-refractivity contribution >= 4 is 5.65 Å². The molecule has 4 aromatic rings. The quantitative estimate of drug-likeness (QED) is 0.626. The molecule has 0 saturated carbocycles. The van der Waals surface area contributed by atoms with Crippen LogP contribution in [-0.2, 0) is 6.61 Å². The minimum atomic E-state index is -0.271. The summed E-state index contributed by atoms with van der Waals surface area (Å²) in [5.41, 5.74) is 5.00. The summed E-state index contributed by atoms with van der Waals surface area (Å²) in [7, 11) is 0. The van der Waals surface area contributed by atoms with Gasteiger partial charge in [0, 0.05) is 11.1 Å². The number of hydrogen-bond acceptors (Lipinski definition) is 3. The van der Waals surface area contributed by atoms with Crippen LogP contribution in [0.3, 0.4) is 0 Å². The summed E-state index contributed by atoms with van der Waals surface area (Å²) in [5.74, 6) is -0.271. The predicted octanol–water partition coefficient (Wildman–Crippen LogP) is 3.69. The van der Waals surface area contributed by atoms with E-state index in [0.717, 1.165) is 33.7 Å². The monoisotopic (exact) mass is 319 g/mol. The maximum Gasteiger partial charge on any atom is 0.154 e. The Kier molecular flexibility index (Phi) is 3.55. The van der Waals surface area contributed by atoms with Crippen LogP contribution < -0.4 is 0 Å². The SMILES string of the molecule is OCc1ccc(-c2cnc3ccc(-c4ccc(F)cc4)nn23)cc1. The van der Waals surface area contributed by atoms with Crippen LogP contribution in [0.5, 0.6) is 0 Å².